The Bertz CT molecular complexity index is 794. The number of nitrogens with zero attached hydrogens (tertiary/aromatic N) is 1. The molecule has 2 rings (SSSR count). The van der Waals surface area contributed by atoms with Crippen molar-refractivity contribution in [2.24, 2.45) is 0 Å². The lowest BCUT2D eigenvalue weighted by atomic mass is 9.97. The third-order valence-electron chi connectivity index (χ3n) is 3.28. The largest absolute Gasteiger partial charge is 0.384 e. The van der Waals surface area contributed by atoms with Crippen LogP contribution in [-0.2, 0) is 15.6 Å². The van der Waals surface area contributed by atoms with E-state index >= 15 is 0 Å². The lowest BCUT2D eigenvalue weighted by Crippen LogP contribution is -2.38. The van der Waals surface area contributed by atoms with Crippen LogP contribution < -0.4 is 4.72 Å². The van der Waals surface area contributed by atoms with Crippen molar-refractivity contribution >= 4 is 10.0 Å². The summed E-state index contributed by atoms with van der Waals surface area (Å²) in [5.41, 5.74) is -0.456. The Hall–Kier alpha value is -2.20. The van der Waals surface area contributed by atoms with Crippen LogP contribution >= 0.6 is 0 Å². The summed E-state index contributed by atoms with van der Waals surface area (Å²) in [5, 5.41) is 19.2. The molecule has 0 aliphatic carbocycles. The zero-order valence-corrected chi connectivity index (χ0v) is 12.8. The number of rotatable bonds is 5. The molecule has 0 bridgehead atoms. The van der Waals surface area contributed by atoms with E-state index in [1.165, 1.54) is 31.2 Å². The molecule has 2 aromatic rings. The van der Waals surface area contributed by atoms with Gasteiger partial charge in [0.05, 0.1) is 16.5 Å². The van der Waals surface area contributed by atoms with E-state index in [0.29, 0.717) is 5.56 Å². The highest BCUT2D eigenvalue weighted by Gasteiger charge is 2.26. The molecule has 0 fully saturated rings. The van der Waals surface area contributed by atoms with E-state index in [9.17, 15) is 13.5 Å². The lowest BCUT2D eigenvalue weighted by molar-refractivity contribution is 0.0627. The van der Waals surface area contributed by atoms with Gasteiger partial charge >= 0.3 is 0 Å². The fourth-order valence-corrected chi connectivity index (χ4v) is 3.13. The summed E-state index contributed by atoms with van der Waals surface area (Å²) in [4.78, 5) is -0.00425. The maximum Gasteiger partial charge on any atom is 0.240 e. The topological polar surface area (TPSA) is 90.2 Å². The van der Waals surface area contributed by atoms with Gasteiger partial charge in [-0.15, -0.1) is 0 Å². The van der Waals surface area contributed by atoms with Crippen molar-refractivity contribution in [2.45, 2.75) is 17.4 Å². The van der Waals surface area contributed by atoms with Gasteiger partial charge in [0.15, 0.2) is 0 Å². The summed E-state index contributed by atoms with van der Waals surface area (Å²) in [5.74, 6) is 0. The fraction of sp³-hybridized carbons (Fsp3) is 0.188. The van der Waals surface area contributed by atoms with Crippen LogP contribution in [0.2, 0.25) is 0 Å². The first kappa shape index (κ1) is 16.2. The molecule has 0 radical (unpaired) electrons. The second kappa shape index (κ2) is 6.28. The Morgan fingerprint density at radius 3 is 2.50 bits per heavy atom. The quantitative estimate of drug-likeness (QED) is 0.879. The Labute approximate surface area is 129 Å². The molecule has 22 heavy (non-hydrogen) atoms. The van der Waals surface area contributed by atoms with Crippen molar-refractivity contribution < 1.29 is 13.5 Å². The van der Waals surface area contributed by atoms with Gasteiger partial charge in [0.2, 0.25) is 10.0 Å². The number of nitrogens with one attached hydrogen (secondary N) is 1. The van der Waals surface area contributed by atoms with Crippen molar-refractivity contribution in [3.63, 3.8) is 0 Å². The van der Waals surface area contributed by atoms with E-state index in [1.54, 1.807) is 24.3 Å². The molecule has 1 unspecified atom stereocenters. The molecule has 6 heteroatoms. The number of nitriles is 1. The smallest absolute Gasteiger partial charge is 0.240 e. The summed E-state index contributed by atoms with van der Waals surface area (Å²) < 4.78 is 26.9. The van der Waals surface area contributed by atoms with Crippen LogP contribution in [0.25, 0.3) is 0 Å². The summed E-state index contributed by atoms with van der Waals surface area (Å²) in [6.07, 6.45) is 0. The van der Waals surface area contributed by atoms with Gasteiger partial charge in [0.25, 0.3) is 0 Å². The SMILES string of the molecule is CC(O)(CNS(=O)(=O)c1cccc(C#N)c1)c1ccccc1. The highest BCUT2D eigenvalue weighted by Crippen LogP contribution is 2.20. The molecule has 0 saturated carbocycles. The third kappa shape index (κ3) is 3.71. The molecule has 0 aromatic heterocycles. The van der Waals surface area contributed by atoms with Crippen LogP contribution in [0.15, 0.2) is 59.5 Å². The number of aliphatic hydroxyl groups is 1. The van der Waals surface area contributed by atoms with Crippen molar-refractivity contribution in [2.75, 3.05) is 6.54 Å². The minimum atomic E-state index is -3.80. The van der Waals surface area contributed by atoms with Crippen LogP contribution in [0, 0.1) is 11.3 Å². The zero-order valence-electron chi connectivity index (χ0n) is 12.0. The monoisotopic (exact) mass is 316 g/mol. The first-order valence-corrected chi connectivity index (χ1v) is 8.11. The van der Waals surface area contributed by atoms with Gasteiger partial charge < -0.3 is 5.11 Å². The van der Waals surface area contributed by atoms with E-state index in [1.807, 2.05) is 12.1 Å². The van der Waals surface area contributed by atoms with Gasteiger partial charge in [-0.05, 0) is 30.7 Å². The fourth-order valence-electron chi connectivity index (χ4n) is 1.95. The highest BCUT2D eigenvalue weighted by molar-refractivity contribution is 7.89. The molecule has 2 aromatic carbocycles. The van der Waals surface area contributed by atoms with Crippen molar-refractivity contribution in [1.29, 1.82) is 5.26 Å². The van der Waals surface area contributed by atoms with Gasteiger partial charge in [-0.2, -0.15) is 5.26 Å². The number of hydrogen-bond donors (Lipinski definition) is 2. The molecule has 2 N–H and O–H groups in total. The second-order valence-corrected chi connectivity index (χ2v) is 6.87. The summed E-state index contributed by atoms with van der Waals surface area (Å²) in [7, 11) is -3.80. The number of hydrogen-bond acceptors (Lipinski definition) is 4. The van der Waals surface area contributed by atoms with Gasteiger partial charge in [-0.1, -0.05) is 36.4 Å². The predicted molar refractivity (Wildman–Crippen MR) is 82.4 cm³/mol. The Kier molecular flexibility index (Phi) is 4.62. The van der Waals surface area contributed by atoms with Crippen LogP contribution in [0.4, 0.5) is 0 Å². The van der Waals surface area contributed by atoms with Crippen LogP contribution in [0.3, 0.4) is 0 Å². The molecule has 0 aliphatic rings. The normalized spacial score (nSPS) is 14.0. The summed E-state index contributed by atoms with van der Waals surface area (Å²) >= 11 is 0. The van der Waals surface area contributed by atoms with Gasteiger partial charge in [-0.3, -0.25) is 0 Å². The maximum absolute atomic E-state index is 12.2. The maximum atomic E-state index is 12.2. The summed E-state index contributed by atoms with van der Waals surface area (Å²) in [6.45, 7) is 1.37. The molecule has 114 valence electrons. The molecular formula is C16H16N2O3S. The number of sulfonamides is 1. The van der Waals surface area contributed by atoms with Gasteiger partial charge in [-0.25, -0.2) is 13.1 Å². The Balaban J connectivity index is 2.18. The van der Waals surface area contributed by atoms with E-state index in [0.717, 1.165) is 0 Å². The van der Waals surface area contributed by atoms with E-state index < -0.39 is 15.6 Å². The molecular weight excluding hydrogens is 300 g/mol. The lowest BCUT2D eigenvalue weighted by Gasteiger charge is -2.24. The van der Waals surface area contributed by atoms with Crippen LogP contribution in [0.1, 0.15) is 18.1 Å². The average Bonchev–Trinajstić information content (AvgIpc) is 2.54. The highest BCUT2D eigenvalue weighted by atomic mass is 32.2. The molecule has 1 atom stereocenters. The Morgan fingerprint density at radius 2 is 1.86 bits per heavy atom. The molecule has 0 spiro atoms. The van der Waals surface area contributed by atoms with Crippen molar-refractivity contribution in [1.82, 2.24) is 4.72 Å². The van der Waals surface area contributed by atoms with Crippen molar-refractivity contribution in [3.8, 4) is 6.07 Å². The number of benzene rings is 2. The first-order valence-electron chi connectivity index (χ1n) is 6.63. The van der Waals surface area contributed by atoms with E-state index in [-0.39, 0.29) is 17.0 Å². The first-order chi connectivity index (χ1) is 10.3. The Morgan fingerprint density at radius 1 is 1.18 bits per heavy atom. The van der Waals surface area contributed by atoms with Gasteiger partial charge in [0.1, 0.15) is 5.60 Å². The van der Waals surface area contributed by atoms with Crippen LogP contribution in [-0.4, -0.2) is 20.1 Å². The van der Waals surface area contributed by atoms with E-state index in [2.05, 4.69) is 4.72 Å². The second-order valence-electron chi connectivity index (χ2n) is 5.10. The molecule has 5 nitrogen and oxygen atoms in total. The standard InChI is InChI=1S/C16H16N2O3S/c1-16(19,14-7-3-2-4-8-14)12-18-22(20,21)15-9-5-6-13(10-15)11-17/h2-10,18-19H,12H2,1H3. The predicted octanol–water partition coefficient (Wildman–Crippen LogP) is 1.74. The minimum absolute atomic E-state index is 0.00425. The summed E-state index contributed by atoms with van der Waals surface area (Å²) in [6, 6.07) is 16.4. The van der Waals surface area contributed by atoms with E-state index in [4.69, 9.17) is 5.26 Å². The molecule has 0 saturated heterocycles. The molecule has 0 aliphatic heterocycles. The molecule has 0 heterocycles. The molecule has 0 amide bonds. The minimum Gasteiger partial charge on any atom is -0.384 e. The third-order valence-corrected chi connectivity index (χ3v) is 4.67. The van der Waals surface area contributed by atoms with Crippen LogP contribution in [0.5, 0.6) is 0 Å². The average molecular weight is 316 g/mol. The zero-order chi connectivity index (χ0) is 16.2. The van der Waals surface area contributed by atoms with Crippen molar-refractivity contribution in [3.05, 3.63) is 65.7 Å². The van der Waals surface area contributed by atoms with Gasteiger partial charge in [0, 0.05) is 6.54 Å².